The summed E-state index contributed by atoms with van der Waals surface area (Å²) >= 11 is 0. The Balaban J connectivity index is 1.53. The molecule has 10 nitrogen and oxygen atoms in total. The molecule has 0 aliphatic carbocycles. The minimum absolute atomic E-state index is 0.186. The van der Waals surface area contributed by atoms with Gasteiger partial charge in [-0.25, -0.2) is 37.0 Å². The first kappa shape index (κ1) is 27.2. The molecule has 1 aromatic carbocycles. The van der Waals surface area contributed by atoms with Crippen LogP contribution in [0.5, 0.6) is 5.75 Å². The normalized spacial score (nSPS) is 25.8. The van der Waals surface area contributed by atoms with Crippen LogP contribution in [0.1, 0.15) is 42.3 Å². The highest BCUT2D eigenvalue weighted by Crippen LogP contribution is 2.54. The second-order valence-electron chi connectivity index (χ2n) is 9.26. The van der Waals surface area contributed by atoms with Crippen molar-refractivity contribution in [2.75, 3.05) is 13.7 Å². The summed E-state index contributed by atoms with van der Waals surface area (Å²) in [6.07, 6.45) is 4.36. The maximum Gasteiger partial charge on any atom is 0.339 e. The predicted molar refractivity (Wildman–Crippen MR) is 135 cm³/mol. The van der Waals surface area contributed by atoms with Gasteiger partial charge in [-0.1, -0.05) is 18.2 Å². The van der Waals surface area contributed by atoms with Crippen LogP contribution in [0.25, 0.3) is 11.0 Å². The molecule has 2 N–H and O–H groups in total. The smallest absolute Gasteiger partial charge is 0.339 e. The Labute approximate surface area is 222 Å². The number of para-hydroxylation sites is 1. The van der Waals surface area contributed by atoms with Crippen molar-refractivity contribution in [1.29, 1.82) is 0 Å². The van der Waals surface area contributed by atoms with Gasteiger partial charge in [0.2, 0.25) is 14.8 Å². The largest absolute Gasteiger partial charge is 0.488 e. The number of rotatable bonds is 7. The minimum atomic E-state index is -5.29. The van der Waals surface area contributed by atoms with Gasteiger partial charge >= 0.3 is 5.98 Å². The highest BCUT2D eigenvalue weighted by molar-refractivity contribution is 7.90. The molecule has 39 heavy (non-hydrogen) atoms. The lowest BCUT2D eigenvalue weighted by Crippen LogP contribution is -2.58. The Hall–Kier alpha value is -3.33. The maximum atomic E-state index is 15.9. The molecule has 2 aliphatic heterocycles. The molecule has 2 aliphatic rings. The van der Waals surface area contributed by atoms with Crippen molar-refractivity contribution in [3.05, 3.63) is 65.0 Å². The Morgan fingerprint density at radius 2 is 2.03 bits per heavy atom. The third-order valence-electron chi connectivity index (χ3n) is 6.87. The molecular weight excluding hydrogens is 539 g/mol. The highest BCUT2D eigenvalue weighted by atomic mass is 32.2. The van der Waals surface area contributed by atoms with Crippen molar-refractivity contribution >= 4 is 27.3 Å². The summed E-state index contributed by atoms with van der Waals surface area (Å²) in [7, 11) is -4.53. The van der Waals surface area contributed by atoms with Crippen LogP contribution in [-0.4, -0.2) is 49.1 Å². The van der Waals surface area contributed by atoms with Crippen molar-refractivity contribution in [2.45, 2.75) is 49.7 Å². The molecule has 0 bridgehead atoms. The number of dihydropyridines is 1. The van der Waals surface area contributed by atoms with Gasteiger partial charge in [0, 0.05) is 36.4 Å². The fourth-order valence-corrected chi connectivity index (χ4v) is 6.29. The number of aliphatic imine (C=N–C) groups is 1. The second-order valence-corrected chi connectivity index (χ2v) is 11.0. The van der Waals surface area contributed by atoms with Crippen molar-refractivity contribution in [3.8, 4) is 5.75 Å². The SMILES string of the molecule is COC1(F)N=CC(F)=C(F)C1(c1ccccc1OCc1cnc2c(c1)c(C)nn2C1CCCCO1)S(N)(=O)=O. The van der Waals surface area contributed by atoms with E-state index in [2.05, 4.69) is 19.8 Å². The van der Waals surface area contributed by atoms with E-state index < -0.39 is 38.0 Å². The molecule has 4 heterocycles. The summed E-state index contributed by atoms with van der Waals surface area (Å²) in [4.78, 5) is 7.74. The standard InChI is InChI=1S/C25H26F3N5O5S/c1-15-17-11-16(12-30-23(17)33(32-15)21-9-5-6-10-37-21)14-38-20-8-4-3-7-18(20)24(39(29,34)35)22(27)19(26)13-31-25(24,28)36-2/h3-4,7-8,11-13,21H,5-6,9-10,14H2,1-2H3,(H2,29,34,35). The summed E-state index contributed by atoms with van der Waals surface area (Å²) in [6, 6.07) is 6.87. The molecule has 0 amide bonds. The van der Waals surface area contributed by atoms with E-state index in [0.29, 0.717) is 23.5 Å². The lowest BCUT2D eigenvalue weighted by Gasteiger charge is -2.40. The highest BCUT2D eigenvalue weighted by Gasteiger charge is 2.69. The average molecular weight is 566 g/mol. The van der Waals surface area contributed by atoms with Crippen LogP contribution in [0, 0.1) is 6.92 Å². The number of pyridine rings is 1. The van der Waals surface area contributed by atoms with Gasteiger partial charge in [-0.15, -0.1) is 0 Å². The number of methoxy groups -OCH3 is 1. The number of aryl methyl sites for hydroxylation is 1. The third kappa shape index (κ3) is 4.31. The Morgan fingerprint density at radius 3 is 2.72 bits per heavy atom. The first-order chi connectivity index (χ1) is 18.5. The molecule has 208 valence electrons. The van der Waals surface area contributed by atoms with Crippen LogP contribution in [0.15, 0.2) is 53.2 Å². The van der Waals surface area contributed by atoms with Crippen LogP contribution >= 0.6 is 0 Å². The Kier molecular flexibility index (Phi) is 6.99. The monoisotopic (exact) mass is 565 g/mol. The fraction of sp³-hybridized carbons (Fsp3) is 0.400. The van der Waals surface area contributed by atoms with Crippen molar-refractivity contribution in [1.82, 2.24) is 14.8 Å². The molecule has 2 aromatic heterocycles. The van der Waals surface area contributed by atoms with E-state index in [4.69, 9.17) is 14.6 Å². The Bertz CT molecular complexity index is 1590. The van der Waals surface area contributed by atoms with Gasteiger partial charge in [-0.3, -0.25) is 0 Å². The van der Waals surface area contributed by atoms with Gasteiger partial charge in [-0.2, -0.15) is 9.49 Å². The molecule has 0 radical (unpaired) electrons. The number of nitrogens with zero attached hydrogens (tertiary/aromatic N) is 4. The van der Waals surface area contributed by atoms with Gasteiger partial charge in [0.15, 0.2) is 23.5 Å². The molecule has 5 rings (SSSR count). The van der Waals surface area contributed by atoms with E-state index >= 15 is 8.78 Å². The first-order valence-electron chi connectivity index (χ1n) is 12.1. The Morgan fingerprint density at radius 1 is 1.26 bits per heavy atom. The number of benzene rings is 1. The molecule has 3 aromatic rings. The van der Waals surface area contributed by atoms with Gasteiger partial charge < -0.3 is 14.2 Å². The van der Waals surface area contributed by atoms with Gasteiger partial charge in [0.05, 0.1) is 11.9 Å². The molecule has 0 saturated carbocycles. The molecule has 0 spiro atoms. The number of hydrogen-bond donors (Lipinski definition) is 1. The number of sulfonamides is 1. The molecule has 3 unspecified atom stereocenters. The third-order valence-corrected chi connectivity index (χ3v) is 8.38. The summed E-state index contributed by atoms with van der Waals surface area (Å²) in [6.45, 7) is 2.29. The molecule has 14 heteroatoms. The van der Waals surface area contributed by atoms with E-state index in [1.165, 1.54) is 18.2 Å². The van der Waals surface area contributed by atoms with Crippen LogP contribution in [-0.2, 0) is 30.9 Å². The lowest BCUT2D eigenvalue weighted by molar-refractivity contribution is -0.143. The summed E-state index contributed by atoms with van der Waals surface area (Å²) < 4.78 is 86.1. The number of halogens is 3. The topological polar surface area (TPSA) is 131 Å². The summed E-state index contributed by atoms with van der Waals surface area (Å²) in [5.41, 5.74) is 1.26. The summed E-state index contributed by atoms with van der Waals surface area (Å²) in [5, 5.41) is 10.7. The zero-order valence-electron chi connectivity index (χ0n) is 21.1. The maximum absolute atomic E-state index is 15.9. The van der Waals surface area contributed by atoms with Crippen LogP contribution in [0.4, 0.5) is 13.2 Å². The number of primary sulfonamides is 1. The first-order valence-corrected chi connectivity index (χ1v) is 13.6. The quantitative estimate of drug-likeness (QED) is 0.429. The van der Waals surface area contributed by atoms with Crippen molar-refractivity contribution in [3.63, 3.8) is 0 Å². The minimum Gasteiger partial charge on any atom is -0.488 e. The van der Waals surface area contributed by atoms with E-state index in [1.54, 1.807) is 16.9 Å². The van der Waals surface area contributed by atoms with Gasteiger partial charge in [0.25, 0.3) is 0 Å². The van der Waals surface area contributed by atoms with Crippen LogP contribution < -0.4 is 9.88 Å². The van der Waals surface area contributed by atoms with Crippen LogP contribution in [0.2, 0.25) is 0 Å². The average Bonchev–Trinajstić information content (AvgIpc) is 3.26. The number of ether oxygens (including phenoxy) is 3. The number of hydrogen-bond acceptors (Lipinski definition) is 8. The van der Waals surface area contributed by atoms with Crippen LogP contribution in [0.3, 0.4) is 0 Å². The molecular formula is C25H26F3N5O5S. The lowest BCUT2D eigenvalue weighted by atomic mass is 9.90. The van der Waals surface area contributed by atoms with E-state index in [9.17, 15) is 12.8 Å². The predicted octanol–water partition coefficient (Wildman–Crippen LogP) is 4.01. The molecule has 1 saturated heterocycles. The fourth-order valence-electron chi connectivity index (χ4n) is 4.98. The van der Waals surface area contributed by atoms with Crippen molar-refractivity contribution < 1.29 is 35.8 Å². The van der Waals surface area contributed by atoms with Gasteiger partial charge in [0.1, 0.15) is 12.4 Å². The zero-order valence-corrected chi connectivity index (χ0v) is 21.9. The number of alkyl halides is 1. The summed E-state index contributed by atoms with van der Waals surface area (Å²) in [5.74, 6) is -7.65. The van der Waals surface area contributed by atoms with E-state index in [-0.39, 0.29) is 24.8 Å². The number of aromatic nitrogens is 3. The molecule has 3 atom stereocenters. The second kappa shape index (κ2) is 10.0. The number of allylic oxidation sites excluding steroid dienone is 1. The number of fused-ring (bicyclic) bond motifs is 1. The molecule has 1 fully saturated rings. The van der Waals surface area contributed by atoms with E-state index in [1.807, 2.05) is 6.92 Å². The van der Waals surface area contributed by atoms with E-state index in [0.717, 1.165) is 37.8 Å². The van der Waals surface area contributed by atoms with Gasteiger partial charge in [-0.05, 0) is 38.3 Å². The number of nitrogens with two attached hydrogens (primary N) is 1. The zero-order chi connectivity index (χ0) is 28.0. The van der Waals surface area contributed by atoms with Crippen molar-refractivity contribution in [2.24, 2.45) is 10.1 Å².